The van der Waals surface area contributed by atoms with E-state index in [9.17, 15) is 14.0 Å². The summed E-state index contributed by atoms with van der Waals surface area (Å²) in [4.78, 5) is 36.0. The maximum Gasteiger partial charge on any atom is 0.272 e. The molecule has 2 aromatic heterocycles. The SMILES string of the molecule is Cc1ccc(OC2CCN(C(=O)c3ccc(C(=O)Nc4ccc(Cc5ccc(F)cc5)nc4)cn3)CC2)cc1. The Morgan fingerprint density at radius 3 is 2.31 bits per heavy atom. The van der Waals surface area contributed by atoms with E-state index in [1.807, 2.05) is 37.3 Å². The largest absolute Gasteiger partial charge is 0.490 e. The second kappa shape index (κ2) is 11.9. The van der Waals surface area contributed by atoms with Crippen molar-refractivity contribution < 1.29 is 18.7 Å². The molecule has 1 N–H and O–H groups in total. The van der Waals surface area contributed by atoms with Crippen molar-refractivity contribution in [3.8, 4) is 5.75 Å². The smallest absolute Gasteiger partial charge is 0.272 e. The minimum atomic E-state index is -0.344. The van der Waals surface area contributed by atoms with Crippen molar-refractivity contribution in [3.05, 3.63) is 119 Å². The molecule has 7 nitrogen and oxygen atoms in total. The summed E-state index contributed by atoms with van der Waals surface area (Å²) in [5, 5.41) is 2.80. The van der Waals surface area contributed by atoms with Crippen LogP contribution in [0.4, 0.5) is 10.1 Å². The van der Waals surface area contributed by atoms with Gasteiger partial charge in [0.1, 0.15) is 23.4 Å². The molecule has 1 fully saturated rings. The topological polar surface area (TPSA) is 84.4 Å². The average Bonchev–Trinajstić information content (AvgIpc) is 2.96. The molecule has 0 saturated carbocycles. The number of piperidine rings is 1. The maximum absolute atomic E-state index is 13.1. The van der Waals surface area contributed by atoms with Gasteiger partial charge in [-0.15, -0.1) is 0 Å². The molecule has 0 atom stereocenters. The summed E-state index contributed by atoms with van der Waals surface area (Å²) in [6, 6.07) is 21.0. The molecule has 2 aromatic carbocycles. The van der Waals surface area contributed by atoms with Gasteiger partial charge in [0.2, 0.25) is 0 Å². The summed E-state index contributed by atoms with van der Waals surface area (Å²) < 4.78 is 19.1. The third kappa shape index (κ3) is 6.84. The Morgan fingerprint density at radius 1 is 0.923 bits per heavy atom. The Labute approximate surface area is 226 Å². The first-order valence-electron chi connectivity index (χ1n) is 12.9. The average molecular weight is 525 g/mol. The van der Waals surface area contributed by atoms with Crippen LogP contribution in [-0.2, 0) is 6.42 Å². The second-order valence-corrected chi connectivity index (χ2v) is 9.65. The van der Waals surface area contributed by atoms with Gasteiger partial charge in [-0.05, 0) is 61.0 Å². The van der Waals surface area contributed by atoms with Crippen molar-refractivity contribution in [1.82, 2.24) is 14.9 Å². The molecule has 2 amide bonds. The zero-order valence-corrected chi connectivity index (χ0v) is 21.6. The fraction of sp³-hybridized carbons (Fsp3) is 0.226. The molecule has 198 valence electrons. The molecule has 3 heterocycles. The standard InChI is InChI=1S/C31H29FN4O3/c1-21-2-11-27(12-3-21)39-28-14-16-36(17-15-28)31(38)29-13-6-23(19-34-29)30(37)35-26-10-9-25(33-20-26)18-22-4-7-24(32)8-5-22/h2-13,19-20,28H,14-18H2,1H3,(H,35,37). The summed E-state index contributed by atoms with van der Waals surface area (Å²) in [7, 11) is 0. The Balaban J connectivity index is 1.11. The first-order chi connectivity index (χ1) is 18.9. The van der Waals surface area contributed by atoms with Crippen LogP contribution in [0.5, 0.6) is 5.75 Å². The van der Waals surface area contributed by atoms with Gasteiger partial charge in [0.15, 0.2) is 0 Å². The molecule has 0 aliphatic carbocycles. The van der Waals surface area contributed by atoms with E-state index in [-0.39, 0.29) is 23.7 Å². The Morgan fingerprint density at radius 2 is 1.67 bits per heavy atom. The molecule has 5 rings (SSSR count). The van der Waals surface area contributed by atoms with Crippen LogP contribution in [0.25, 0.3) is 0 Å². The number of carbonyl (C=O) groups excluding carboxylic acids is 2. The number of hydrogen-bond donors (Lipinski definition) is 1. The second-order valence-electron chi connectivity index (χ2n) is 9.65. The number of ether oxygens (including phenoxy) is 1. The molecule has 39 heavy (non-hydrogen) atoms. The highest BCUT2D eigenvalue weighted by molar-refractivity contribution is 6.04. The van der Waals surface area contributed by atoms with Crippen LogP contribution in [-0.4, -0.2) is 45.9 Å². The van der Waals surface area contributed by atoms with Gasteiger partial charge in [-0.25, -0.2) is 4.39 Å². The van der Waals surface area contributed by atoms with Gasteiger partial charge in [0.25, 0.3) is 11.8 Å². The third-order valence-corrected chi connectivity index (χ3v) is 6.68. The van der Waals surface area contributed by atoms with E-state index in [4.69, 9.17) is 4.74 Å². The van der Waals surface area contributed by atoms with Crippen LogP contribution in [0, 0.1) is 12.7 Å². The third-order valence-electron chi connectivity index (χ3n) is 6.68. The van der Waals surface area contributed by atoms with E-state index < -0.39 is 0 Å². The summed E-state index contributed by atoms with van der Waals surface area (Å²) in [6.07, 6.45) is 5.11. The van der Waals surface area contributed by atoms with Crippen LogP contribution >= 0.6 is 0 Å². The van der Waals surface area contributed by atoms with E-state index >= 15 is 0 Å². The Hall–Kier alpha value is -4.59. The predicted octanol–water partition coefficient (Wildman–Crippen LogP) is 5.45. The number of benzene rings is 2. The molecule has 0 radical (unpaired) electrons. The van der Waals surface area contributed by atoms with Gasteiger partial charge in [-0.1, -0.05) is 29.8 Å². The molecular weight excluding hydrogens is 495 g/mol. The van der Waals surface area contributed by atoms with Crippen LogP contribution in [0.1, 0.15) is 50.5 Å². The molecule has 1 aliphatic heterocycles. The van der Waals surface area contributed by atoms with Crippen molar-refractivity contribution in [1.29, 1.82) is 0 Å². The van der Waals surface area contributed by atoms with E-state index in [2.05, 4.69) is 15.3 Å². The van der Waals surface area contributed by atoms with Gasteiger partial charge in [0, 0.05) is 44.2 Å². The molecular formula is C31H29FN4O3. The lowest BCUT2D eigenvalue weighted by Crippen LogP contribution is -2.42. The van der Waals surface area contributed by atoms with Crippen LogP contribution in [0.15, 0.2) is 85.2 Å². The first-order valence-corrected chi connectivity index (χ1v) is 12.9. The number of likely N-dealkylation sites (tertiary alicyclic amines) is 1. The molecule has 1 aliphatic rings. The highest BCUT2D eigenvalue weighted by Gasteiger charge is 2.25. The number of carbonyl (C=O) groups is 2. The molecule has 1 saturated heterocycles. The van der Waals surface area contributed by atoms with Crippen molar-refractivity contribution in [2.24, 2.45) is 0 Å². The minimum absolute atomic E-state index is 0.0715. The number of aryl methyl sites for hydroxylation is 1. The van der Waals surface area contributed by atoms with E-state index in [1.54, 1.807) is 41.4 Å². The number of pyridine rings is 2. The van der Waals surface area contributed by atoms with Gasteiger partial charge < -0.3 is 15.0 Å². The van der Waals surface area contributed by atoms with E-state index in [0.717, 1.165) is 29.8 Å². The number of hydrogen-bond acceptors (Lipinski definition) is 5. The number of aromatic nitrogens is 2. The molecule has 0 bridgehead atoms. The van der Waals surface area contributed by atoms with Crippen molar-refractivity contribution in [2.45, 2.75) is 32.3 Å². The number of anilines is 1. The van der Waals surface area contributed by atoms with Crippen LogP contribution in [0.2, 0.25) is 0 Å². The lowest BCUT2D eigenvalue weighted by Gasteiger charge is -2.32. The quantitative estimate of drug-likeness (QED) is 0.348. The minimum Gasteiger partial charge on any atom is -0.490 e. The highest BCUT2D eigenvalue weighted by atomic mass is 19.1. The predicted molar refractivity (Wildman–Crippen MR) is 146 cm³/mol. The Bertz CT molecular complexity index is 1420. The van der Waals surface area contributed by atoms with E-state index in [0.29, 0.717) is 36.5 Å². The monoisotopic (exact) mass is 524 g/mol. The van der Waals surface area contributed by atoms with Gasteiger partial charge in [-0.2, -0.15) is 0 Å². The van der Waals surface area contributed by atoms with Gasteiger partial charge >= 0.3 is 0 Å². The molecule has 0 unspecified atom stereocenters. The van der Waals surface area contributed by atoms with Gasteiger partial charge in [0.05, 0.1) is 17.4 Å². The number of nitrogens with one attached hydrogen (secondary N) is 1. The van der Waals surface area contributed by atoms with Crippen LogP contribution < -0.4 is 10.1 Å². The number of rotatable bonds is 7. The Kier molecular flexibility index (Phi) is 7.91. The van der Waals surface area contributed by atoms with Crippen molar-refractivity contribution in [2.75, 3.05) is 18.4 Å². The number of halogens is 1. The van der Waals surface area contributed by atoms with Crippen LogP contribution in [0.3, 0.4) is 0 Å². The van der Waals surface area contributed by atoms with Gasteiger partial charge in [-0.3, -0.25) is 19.6 Å². The van der Waals surface area contributed by atoms with E-state index in [1.165, 1.54) is 23.9 Å². The maximum atomic E-state index is 13.1. The van der Waals surface area contributed by atoms with Crippen molar-refractivity contribution in [3.63, 3.8) is 0 Å². The highest BCUT2D eigenvalue weighted by Crippen LogP contribution is 2.21. The summed E-state index contributed by atoms with van der Waals surface area (Å²) in [5.74, 6) is 0.0685. The van der Waals surface area contributed by atoms with Crippen molar-refractivity contribution >= 4 is 17.5 Å². The summed E-state index contributed by atoms with van der Waals surface area (Å²) in [6.45, 7) is 3.21. The molecule has 8 heteroatoms. The molecule has 4 aromatic rings. The first kappa shape index (κ1) is 26.0. The molecule has 0 spiro atoms. The normalized spacial score (nSPS) is 13.6. The lowest BCUT2D eigenvalue weighted by atomic mass is 10.1. The fourth-order valence-electron chi connectivity index (χ4n) is 4.42. The number of nitrogens with zero attached hydrogens (tertiary/aromatic N) is 3. The zero-order valence-electron chi connectivity index (χ0n) is 21.6. The zero-order chi connectivity index (χ0) is 27.2. The summed E-state index contributed by atoms with van der Waals surface area (Å²) >= 11 is 0. The lowest BCUT2D eigenvalue weighted by molar-refractivity contribution is 0.0589. The fourth-order valence-corrected chi connectivity index (χ4v) is 4.42. The number of amides is 2. The summed E-state index contributed by atoms with van der Waals surface area (Å²) in [5.41, 5.74) is 4.11.